The standard InChI is InChI=1S/C22H16F4N8O3/c1-10(14-5-11(23)7-28-18(14)25)37-22(36)31-20-17(32-33-34(20)2)16-4-3-13(9-27-16)30-21(35)15-6-12(24)8-29-19(15)26/h3-10H,1-2H3,(H,30,35)(H,31,36)/t10-/m1/s1. The molecule has 11 nitrogen and oxygen atoms in total. The SMILES string of the molecule is C[C@@H](OC(=O)Nc1c(-c2ccc(NC(=O)c3cc(F)cnc3F)cn2)nnn1C)c1cc(F)cnc1F. The van der Waals surface area contributed by atoms with E-state index in [0.717, 1.165) is 6.07 Å². The normalized spacial score (nSPS) is 11.6. The zero-order valence-corrected chi connectivity index (χ0v) is 19.0. The molecule has 0 unspecified atom stereocenters. The Labute approximate surface area is 205 Å². The van der Waals surface area contributed by atoms with Gasteiger partial charge in [-0.25, -0.2) is 28.2 Å². The first-order valence-corrected chi connectivity index (χ1v) is 10.4. The molecule has 15 heteroatoms. The van der Waals surface area contributed by atoms with Gasteiger partial charge in [0.25, 0.3) is 5.91 Å². The van der Waals surface area contributed by atoms with E-state index in [1.165, 1.54) is 37.0 Å². The van der Waals surface area contributed by atoms with E-state index in [2.05, 4.69) is 35.9 Å². The summed E-state index contributed by atoms with van der Waals surface area (Å²) in [5.41, 5.74) is -0.370. The number of rotatable bonds is 6. The summed E-state index contributed by atoms with van der Waals surface area (Å²) < 4.78 is 60.6. The molecule has 0 aliphatic rings. The summed E-state index contributed by atoms with van der Waals surface area (Å²) in [7, 11) is 1.47. The van der Waals surface area contributed by atoms with Crippen molar-refractivity contribution >= 4 is 23.5 Å². The van der Waals surface area contributed by atoms with E-state index in [1.807, 2.05) is 0 Å². The highest BCUT2D eigenvalue weighted by molar-refractivity contribution is 6.04. The van der Waals surface area contributed by atoms with Crippen molar-refractivity contribution in [3.05, 3.63) is 77.5 Å². The van der Waals surface area contributed by atoms with E-state index < -0.39 is 47.2 Å². The molecule has 0 aliphatic heterocycles. The third kappa shape index (κ3) is 5.66. The molecule has 4 heterocycles. The van der Waals surface area contributed by atoms with E-state index >= 15 is 0 Å². The molecule has 0 saturated carbocycles. The van der Waals surface area contributed by atoms with Gasteiger partial charge in [0.2, 0.25) is 11.9 Å². The second-order valence-corrected chi connectivity index (χ2v) is 7.49. The van der Waals surface area contributed by atoms with Crippen LogP contribution in [0.5, 0.6) is 0 Å². The van der Waals surface area contributed by atoms with Crippen molar-refractivity contribution in [2.75, 3.05) is 10.6 Å². The van der Waals surface area contributed by atoms with Crippen LogP contribution in [0.2, 0.25) is 0 Å². The Morgan fingerprint density at radius 2 is 1.65 bits per heavy atom. The highest BCUT2D eigenvalue weighted by atomic mass is 19.1. The fourth-order valence-electron chi connectivity index (χ4n) is 3.13. The predicted molar refractivity (Wildman–Crippen MR) is 119 cm³/mol. The fraction of sp³-hybridized carbons (Fsp3) is 0.136. The molecule has 1 atom stereocenters. The number of amides is 2. The van der Waals surface area contributed by atoms with Crippen molar-refractivity contribution in [2.45, 2.75) is 13.0 Å². The smallest absolute Gasteiger partial charge is 0.413 e. The van der Waals surface area contributed by atoms with Gasteiger partial charge in [0.1, 0.15) is 17.7 Å². The van der Waals surface area contributed by atoms with Crippen LogP contribution in [0.1, 0.15) is 28.9 Å². The number of ether oxygens (including phenoxy) is 1. The summed E-state index contributed by atoms with van der Waals surface area (Å²) in [6.45, 7) is 1.34. The summed E-state index contributed by atoms with van der Waals surface area (Å²) >= 11 is 0. The number of carbonyl (C=O) groups is 2. The molecule has 37 heavy (non-hydrogen) atoms. The lowest BCUT2D eigenvalue weighted by Crippen LogP contribution is -2.19. The van der Waals surface area contributed by atoms with E-state index in [4.69, 9.17) is 4.74 Å². The molecular weight excluding hydrogens is 500 g/mol. The third-order valence-corrected chi connectivity index (χ3v) is 4.92. The van der Waals surface area contributed by atoms with Gasteiger partial charge in [-0.05, 0) is 31.2 Å². The van der Waals surface area contributed by atoms with Crippen LogP contribution in [-0.4, -0.2) is 41.9 Å². The molecule has 0 radical (unpaired) electrons. The highest BCUT2D eigenvalue weighted by Gasteiger charge is 2.22. The molecule has 4 aromatic heterocycles. The van der Waals surface area contributed by atoms with Gasteiger partial charge in [0.15, 0.2) is 11.5 Å². The van der Waals surface area contributed by atoms with Crippen molar-refractivity contribution < 1.29 is 31.9 Å². The first-order chi connectivity index (χ1) is 17.6. The molecule has 2 amide bonds. The number of hydrogen-bond acceptors (Lipinski definition) is 8. The molecule has 0 bridgehead atoms. The quantitative estimate of drug-likeness (QED) is 0.292. The first kappa shape index (κ1) is 25.2. The van der Waals surface area contributed by atoms with Crippen molar-refractivity contribution in [3.63, 3.8) is 0 Å². The fourth-order valence-corrected chi connectivity index (χ4v) is 3.13. The number of hydrogen-bond donors (Lipinski definition) is 2. The van der Waals surface area contributed by atoms with Gasteiger partial charge in [-0.1, -0.05) is 5.21 Å². The summed E-state index contributed by atoms with van der Waals surface area (Å²) in [4.78, 5) is 35.2. The number of aryl methyl sites for hydroxylation is 1. The monoisotopic (exact) mass is 516 g/mol. The largest absolute Gasteiger partial charge is 0.441 e. The van der Waals surface area contributed by atoms with Crippen molar-refractivity contribution in [1.29, 1.82) is 0 Å². The Kier molecular flexibility index (Phi) is 7.04. The van der Waals surface area contributed by atoms with E-state index in [1.54, 1.807) is 0 Å². The molecule has 0 aromatic carbocycles. The van der Waals surface area contributed by atoms with Crippen molar-refractivity contribution in [2.24, 2.45) is 7.05 Å². The highest BCUT2D eigenvalue weighted by Crippen LogP contribution is 2.26. The predicted octanol–water partition coefficient (Wildman–Crippen LogP) is 3.79. The van der Waals surface area contributed by atoms with Crippen LogP contribution in [-0.2, 0) is 11.8 Å². The Hall–Kier alpha value is -4.95. The zero-order valence-electron chi connectivity index (χ0n) is 19.0. The molecule has 2 N–H and O–H groups in total. The minimum absolute atomic E-state index is 0.0623. The van der Waals surface area contributed by atoms with Gasteiger partial charge < -0.3 is 10.1 Å². The van der Waals surface area contributed by atoms with Gasteiger partial charge in [-0.15, -0.1) is 5.10 Å². The average Bonchev–Trinajstić information content (AvgIpc) is 3.22. The van der Waals surface area contributed by atoms with E-state index in [-0.39, 0.29) is 28.5 Å². The number of anilines is 2. The maximum Gasteiger partial charge on any atom is 0.413 e. The van der Waals surface area contributed by atoms with Crippen LogP contribution in [0.3, 0.4) is 0 Å². The Bertz CT molecular complexity index is 1480. The number of halogens is 4. The molecule has 0 fully saturated rings. The second-order valence-electron chi connectivity index (χ2n) is 7.49. The maximum atomic E-state index is 13.9. The molecule has 0 saturated heterocycles. The van der Waals surface area contributed by atoms with Gasteiger partial charge >= 0.3 is 6.09 Å². The minimum atomic E-state index is -1.17. The molecule has 190 valence electrons. The Balaban J connectivity index is 1.47. The van der Waals surface area contributed by atoms with Crippen LogP contribution in [0.4, 0.5) is 33.9 Å². The number of pyridine rings is 3. The van der Waals surface area contributed by atoms with E-state index in [0.29, 0.717) is 18.5 Å². The molecule has 0 spiro atoms. The van der Waals surface area contributed by atoms with Gasteiger partial charge in [-0.3, -0.25) is 15.1 Å². The van der Waals surface area contributed by atoms with Gasteiger partial charge in [-0.2, -0.15) is 8.78 Å². The van der Waals surface area contributed by atoms with Crippen LogP contribution in [0.15, 0.2) is 42.9 Å². The lowest BCUT2D eigenvalue weighted by atomic mass is 10.2. The van der Waals surface area contributed by atoms with Gasteiger partial charge in [0, 0.05) is 7.05 Å². The zero-order chi connectivity index (χ0) is 26.7. The molecular formula is C22H16F4N8O3. The average molecular weight is 516 g/mol. The summed E-state index contributed by atoms with van der Waals surface area (Å²) in [6, 6.07) is 4.40. The number of carbonyl (C=O) groups excluding carboxylic acids is 2. The maximum absolute atomic E-state index is 13.9. The molecule has 4 rings (SSSR count). The second kappa shape index (κ2) is 10.3. The number of nitrogens with one attached hydrogen (secondary N) is 2. The van der Waals surface area contributed by atoms with E-state index in [9.17, 15) is 27.2 Å². The number of aromatic nitrogens is 6. The first-order valence-electron chi connectivity index (χ1n) is 10.4. The topological polar surface area (TPSA) is 137 Å². The summed E-state index contributed by atoms with van der Waals surface area (Å²) in [5.74, 6) is -4.69. The van der Waals surface area contributed by atoms with Crippen LogP contribution in [0, 0.1) is 23.5 Å². The summed E-state index contributed by atoms with van der Waals surface area (Å²) in [5, 5.41) is 12.5. The Morgan fingerprint density at radius 3 is 2.35 bits per heavy atom. The van der Waals surface area contributed by atoms with Gasteiger partial charge in [0.05, 0.1) is 41.1 Å². The molecule has 4 aromatic rings. The third-order valence-electron chi connectivity index (χ3n) is 4.92. The number of nitrogens with zero attached hydrogens (tertiary/aromatic N) is 6. The Morgan fingerprint density at radius 1 is 0.946 bits per heavy atom. The van der Waals surface area contributed by atoms with Crippen LogP contribution >= 0.6 is 0 Å². The lowest BCUT2D eigenvalue weighted by molar-refractivity contribution is 0.102. The van der Waals surface area contributed by atoms with Crippen LogP contribution < -0.4 is 10.6 Å². The lowest BCUT2D eigenvalue weighted by Gasteiger charge is -2.15. The van der Waals surface area contributed by atoms with Crippen molar-refractivity contribution in [1.82, 2.24) is 29.9 Å². The summed E-state index contributed by atoms with van der Waals surface area (Å²) in [6.07, 6.45) is 0.364. The van der Waals surface area contributed by atoms with Crippen LogP contribution in [0.25, 0.3) is 11.4 Å². The van der Waals surface area contributed by atoms with Crippen molar-refractivity contribution in [3.8, 4) is 11.4 Å². The minimum Gasteiger partial charge on any atom is -0.441 e. The molecule has 0 aliphatic carbocycles.